The van der Waals surface area contributed by atoms with Crippen LogP contribution in [0.2, 0.25) is 0 Å². The first-order valence-electron chi connectivity index (χ1n) is 5.89. The molecule has 96 valence electrons. The molecule has 0 atom stereocenters. The van der Waals surface area contributed by atoms with Crippen molar-refractivity contribution in [3.63, 3.8) is 0 Å². The summed E-state index contributed by atoms with van der Waals surface area (Å²) in [5, 5.41) is 3.00. The molecule has 0 aliphatic heterocycles. The maximum absolute atomic E-state index is 11.5. The number of ether oxygens (including phenoxy) is 1. The van der Waals surface area contributed by atoms with Crippen LogP contribution >= 0.6 is 11.3 Å². The molecule has 0 saturated heterocycles. The van der Waals surface area contributed by atoms with Gasteiger partial charge in [-0.25, -0.2) is 4.98 Å². The second-order valence-corrected chi connectivity index (χ2v) is 4.77. The Labute approximate surface area is 110 Å². The largest absolute Gasteiger partial charge is 0.469 e. The maximum Gasteiger partial charge on any atom is 0.306 e. The van der Waals surface area contributed by atoms with E-state index in [2.05, 4.69) is 11.9 Å². The first kappa shape index (κ1) is 12.8. The highest BCUT2D eigenvalue weighted by Crippen LogP contribution is 2.11. The van der Waals surface area contributed by atoms with Crippen molar-refractivity contribution in [1.82, 2.24) is 4.98 Å². The third-order valence-electron chi connectivity index (χ3n) is 2.44. The molecule has 0 amide bonds. The quantitative estimate of drug-likeness (QED) is 0.753. The molecule has 2 aromatic rings. The lowest BCUT2D eigenvalue weighted by Crippen LogP contribution is -2.06. The number of rotatable bonds is 6. The van der Waals surface area contributed by atoms with Crippen molar-refractivity contribution in [3.05, 3.63) is 40.2 Å². The van der Waals surface area contributed by atoms with E-state index in [9.17, 15) is 4.79 Å². The van der Waals surface area contributed by atoms with Gasteiger partial charge in [0.05, 0.1) is 23.4 Å². The zero-order valence-electron chi connectivity index (χ0n) is 10.2. The summed E-state index contributed by atoms with van der Waals surface area (Å²) in [5.41, 5.74) is 0.822. The van der Waals surface area contributed by atoms with Crippen LogP contribution in [0.25, 0.3) is 0 Å². The van der Waals surface area contributed by atoms with Crippen molar-refractivity contribution >= 4 is 17.3 Å². The van der Waals surface area contributed by atoms with E-state index in [1.807, 2.05) is 17.5 Å². The molecule has 0 unspecified atom stereocenters. The number of aryl methyl sites for hydroxylation is 2. The predicted octanol–water partition coefficient (Wildman–Crippen LogP) is 2.97. The van der Waals surface area contributed by atoms with E-state index in [1.165, 1.54) is 0 Å². The molecule has 2 heterocycles. The van der Waals surface area contributed by atoms with Crippen molar-refractivity contribution in [2.45, 2.75) is 32.8 Å². The fourth-order valence-corrected chi connectivity index (χ4v) is 2.21. The minimum Gasteiger partial charge on any atom is -0.469 e. The molecular formula is C13H15NO3S. The molecule has 0 fully saturated rings. The lowest BCUT2D eigenvalue weighted by atomic mass is 10.2. The Morgan fingerprint density at radius 2 is 2.44 bits per heavy atom. The summed E-state index contributed by atoms with van der Waals surface area (Å²) in [4.78, 5) is 15.8. The highest BCUT2D eigenvalue weighted by Gasteiger charge is 2.07. The summed E-state index contributed by atoms with van der Waals surface area (Å²) in [5.74, 6) is 0.575. The molecule has 0 saturated carbocycles. The molecule has 0 aliphatic rings. The van der Waals surface area contributed by atoms with Gasteiger partial charge in [-0.05, 0) is 18.6 Å². The SMILES string of the molecule is CCc1nc(COC(=O)CCc2ccco2)cs1. The van der Waals surface area contributed by atoms with Gasteiger partial charge in [-0.1, -0.05) is 6.92 Å². The molecule has 4 nitrogen and oxygen atoms in total. The van der Waals surface area contributed by atoms with Crippen LogP contribution in [0.1, 0.15) is 29.8 Å². The summed E-state index contributed by atoms with van der Waals surface area (Å²) < 4.78 is 10.3. The second-order valence-electron chi connectivity index (χ2n) is 3.83. The molecule has 0 bridgehead atoms. The molecule has 0 spiro atoms. The number of hydrogen-bond acceptors (Lipinski definition) is 5. The minimum atomic E-state index is -0.225. The fourth-order valence-electron chi connectivity index (χ4n) is 1.48. The van der Waals surface area contributed by atoms with E-state index >= 15 is 0 Å². The fraction of sp³-hybridized carbons (Fsp3) is 0.385. The molecule has 5 heteroatoms. The van der Waals surface area contributed by atoms with Crippen LogP contribution in [0.5, 0.6) is 0 Å². The number of nitrogens with zero attached hydrogens (tertiary/aromatic N) is 1. The van der Waals surface area contributed by atoms with Gasteiger partial charge in [0.2, 0.25) is 0 Å². The van der Waals surface area contributed by atoms with Crippen LogP contribution in [-0.4, -0.2) is 11.0 Å². The third kappa shape index (κ3) is 3.70. The van der Waals surface area contributed by atoms with Gasteiger partial charge in [0.1, 0.15) is 12.4 Å². The second kappa shape index (κ2) is 6.35. The normalized spacial score (nSPS) is 10.5. The van der Waals surface area contributed by atoms with Crippen LogP contribution in [0.4, 0.5) is 0 Å². The Morgan fingerprint density at radius 1 is 1.56 bits per heavy atom. The van der Waals surface area contributed by atoms with Crippen LogP contribution in [0.3, 0.4) is 0 Å². The standard InChI is InChI=1S/C13H15NO3S/c1-2-12-14-10(9-18-12)8-17-13(15)6-5-11-4-3-7-16-11/h3-4,7,9H,2,5-6,8H2,1H3. The van der Waals surface area contributed by atoms with Gasteiger partial charge in [0.15, 0.2) is 0 Å². The molecule has 2 aromatic heterocycles. The van der Waals surface area contributed by atoms with Gasteiger partial charge >= 0.3 is 5.97 Å². The Bertz CT molecular complexity index is 490. The zero-order valence-corrected chi connectivity index (χ0v) is 11.0. The van der Waals surface area contributed by atoms with E-state index < -0.39 is 0 Å². The molecule has 18 heavy (non-hydrogen) atoms. The Kier molecular flexibility index (Phi) is 4.52. The topological polar surface area (TPSA) is 52.3 Å². The van der Waals surface area contributed by atoms with E-state index in [0.717, 1.165) is 22.9 Å². The van der Waals surface area contributed by atoms with E-state index in [-0.39, 0.29) is 12.6 Å². The van der Waals surface area contributed by atoms with Crippen LogP contribution in [0, 0.1) is 0 Å². The number of carbonyl (C=O) groups is 1. The Balaban J connectivity index is 1.71. The van der Waals surface area contributed by atoms with Gasteiger partial charge in [-0.15, -0.1) is 11.3 Å². The van der Waals surface area contributed by atoms with E-state index in [4.69, 9.17) is 9.15 Å². The van der Waals surface area contributed by atoms with Gasteiger partial charge in [0.25, 0.3) is 0 Å². The summed E-state index contributed by atoms with van der Waals surface area (Å²) in [7, 11) is 0. The molecule has 2 rings (SSSR count). The smallest absolute Gasteiger partial charge is 0.306 e. The predicted molar refractivity (Wildman–Crippen MR) is 68.3 cm³/mol. The van der Waals surface area contributed by atoms with E-state index in [0.29, 0.717) is 12.8 Å². The highest BCUT2D eigenvalue weighted by molar-refractivity contribution is 7.09. The van der Waals surface area contributed by atoms with Crippen molar-refractivity contribution in [2.75, 3.05) is 0 Å². The molecule has 0 N–H and O–H groups in total. The van der Waals surface area contributed by atoms with Crippen LogP contribution in [-0.2, 0) is 29.0 Å². The summed E-state index contributed by atoms with van der Waals surface area (Å²) >= 11 is 1.60. The highest BCUT2D eigenvalue weighted by atomic mass is 32.1. The van der Waals surface area contributed by atoms with Crippen molar-refractivity contribution in [2.24, 2.45) is 0 Å². The van der Waals surface area contributed by atoms with Gasteiger partial charge in [-0.2, -0.15) is 0 Å². The van der Waals surface area contributed by atoms with Gasteiger partial charge in [-0.3, -0.25) is 4.79 Å². The lowest BCUT2D eigenvalue weighted by Gasteiger charge is -2.01. The van der Waals surface area contributed by atoms with Crippen molar-refractivity contribution in [1.29, 1.82) is 0 Å². The summed E-state index contributed by atoms with van der Waals surface area (Å²) in [6, 6.07) is 3.66. The third-order valence-corrected chi connectivity index (χ3v) is 3.48. The van der Waals surface area contributed by atoms with Gasteiger partial charge in [0, 0.05) is 11.8 Å². The number of esters is 1. The number of carbonyl (C=O) groups excluding carboxylic acids is 1. The lowest BCUT2D eigenvalue weighted by molar-refractivity contribution is -0.145. The van der Waals surface area contributed by atoms with Crippen molar-refractivity contribution < 1.29 is 13.9 Å². The number of thiazole rings is 1. The maximum atomic E-state index is 11.5. The van der Waals surface area contributed by atoms with E-state index in [1.54, 1.807) is 17.6 Å². The first-order valence-corrected chi connectivity index (χ1v) is 6.77. The molecule has 0 aromatic carbocycles. The van der Waals surface area contributed by atoms with Crippen LogP contribution < -0.4 is 0 Å². The minimum absolute atomic E-state index is 0.225. The Hall–Kier alpha value is -1.62. The average molecular weight is 265 g/mol. The van der Waals surface area contributed by atoms with Gasteiger partial charge < -0.3 is 9.15 Å². The Morgan fingerprint density at radius 3 is 3.11 bits per heavy atom. The van der Waals surface area contributed by atoms with Crippen LogP contribution in [0.15, 0.2) is 28.2 Å². The summed E-state index contributed by atoms with van der Waals surface area (Å²) in [6.07, 6.45) is 3.42. The van der Waals surface area contributed by atoms with Crippen molar-refractivity contribution in [3.8, 4) is 0 Å². The zero-order chi connectivity index (χ0) is 12.8. The average Bonchev–Trinajstić information content (AvgIpc) is 3.04. The molecule has 0 aliphatic carbocycles. The monoisotopic (exact) mass is 265 g/mol. The molecule has 0 radical (unpaired) electrons. The first-order chi connectivity index (χ1) is 8.78. The number of hydrogen-bond donors (Lipinski definition) is 0. The molecular weight excluding hydrogens is 250 g/mol. The summed E-state index contributed by atoms with van der Waals surface area (Å²) in [6.45, 7) is 2.31. The number of aromatic nitrogens is 1. The number of furan rings is 1.